The molecule has 0 spiro atoms. The summed E-state index contributed by atoms with van der Waals surface area (Å²) in [5, 5.41) is 10.3. The van der Waals surface area contributed by atoms with Crippen LogP contribution in [0.1, 0.15) is 44.2 Å². The summed E-state index contributed by atoms with van der Waals surface area (Å²) < 4.78 is 6.23. The first-order valence-corrected chi connectivity index (χ1v) is 15.4. The monoisotopic (exact) mass is 591 g/mol. The van der Waals surface area contributed by atoms with E-state index in [-0.39, 0.29) is 5.91 Å². The summed E-state index contributed by atoms with van der Waals surface area (Å²) in [5.41, 5.74) is 6.23. The van der Waals surface area contributed by atoms with Crippen molar-refractivity contribution in [2.45, 2.75) is 46.1 Å². The first kappa shape index (κ1) is 31.0. The van der Waals surface area contributed by atoms with Gasteiger partial charge in [-0.3, -0.25) is 14.8 Å². The molecule has 0 aliphatic heterocycles. The Balaban J connectivity index is 1.27. The summed E-state index contributed by atoms with van der Waals surface area (Å²) in [7, 11) is 1.81. The fourth-order valence-corrected chi connectivity index (χ4v) is 5.65. The van der Waals surface area contributed by atoms with Gasteiger partial charge in [-0.25, -0.2) is 10.5 Å². The Morgan fingerprint density at radius 1 is 1.09 bits per heavy atom. The van der Waals surface area contributed by atoms with E-state index in [2.05, 4.69) is 38.1 Å². The lowest BCUT2D eigenvalue weighted by molar-refractivity contribution is -0.131. The SMILES string of the molecule is CCC(C)CCN(C)C(=O)/C=C/[C@@]1(Cc2ccc(OCc3cc(-c4ccccc4)nc4ccccc34)cc2)C[C@@H]1C(=O)NO. The zero-order valence-corrected chi connectivity index (χ0v) is 25.7. The fraction of sp³-hybridized carbons (Fsp3) is 0.324. The number of para-hydroxylation sites is 1. The van der Waals surface area contributed by atoms with Gasteiger partial charge in [-0.1, -0.05) is 87.0 Å². The summed E-state index contributed by atoms with van der Waals surface area (Å²) in [6, 6.07) is 28.2. The number of ether oxygens (including phenoxy) is 1. The van der Waals surface area contributed by atoms with Crippen LogP contribution in [0.15, 0.2) is 97.1 Å². The molecule has 3 aromatic carbocycles. The number of carbonyl (C=O) groups excluding carboxylic acids is 2. The number of hydroxylamine groups is 1. The van der Waals surface area contributed by atoms with Crippen molar-refractivity contribution < 1.29 is 19.5 Å². The number of benzene rings is 3. The fourth-order valence-electron chi connectivity index (χ4n) is 5.65. The second kappa shape index (κ2) is 13.9. The minimum Gasteiger partial charge on any atom is -0.489 e. The quantitative estimate of drug-likeness (QED) is 0.0994. The maximum absolute atomic E-state index is 12.8. The molecule has 1 aromatic heterocycles. The first-order chi connectivity index (χ1) is 21.3. The topological polar surface area (TPSA) is 91.8 Å². The molecular formula is C37H41N3O4. The van der Waals surface area contributed by atoms with Gasteiger partial charge in [-0.15, -0.1) is 0 Å². The van der Waals surface area contributed by atoms with E-state index in [0.717, 1.165) is 51.9 Å². The Hall–Kier alpha value is -4.49. The third-order valence-corrected chi connectivity index (χ3v) is 8.86. The highest BCUT2D eigenvalue weighted by molar-refractivity contribution is 5.88. The number of nitrogens with zero attached hydrogens (tertiary/aromatic N) is 2. The van der Waals surface area contributed by atoms with Crippen LogP contribution in [0, 0.1) is 17.3 Å². The summed E-state index contributed by atoms with van der Waals surface area (Å²) in [5.74, 6) is 0.400. The number of hydrogen-bond donors (Lipinski definition) is 2. The van der Waals surface area contributed by atoms with Gasteiger partial charge in [-0.05, 0) is 61.1 Å². The zero-order valence-electron chi connectivity index (χ0n) is 25.7. The molecule has 44 heavy (non-hydrogen) atoms. The number of carbonyl (C=O) groups is 2. The van der Waals surface area contributed by atoms with Crippen molar-refractivity contribution in [2.24, 2.45) is 17.3 Å². The molecule has 7 heteroatoms. The number of hydrogen-bond acceptors (Lipinski definition) is 5. The summed E-state index contributed by atoms with van der Waals surface area (Å²) in [6.45, 7) is 5.42. The van der Waals surface area contributed by atoms with Crippen LogP contribution in [0.2, 0.25) is 0 Å². The number of pyridine rings is 1. The molecule has 2 N–H and O–H groups in total. The van der Waals surface area contributed by atoms with E-state index in [1.54, 1.807) is 16.5 Å². The maximum atomic E-state index is 12.8. The van der Waals surface area contributed by atoms with Crippen LogP contribution in [0.25, 0.3) is 22.2 Å². The molecule has 0 bridgehead atoms. The summed E-state index contributed by atoms with van der Waals surface area (Å²) in [4.78, 5) is 31.7. The predicted octanol–water partition coefficient (Wildman–Crippen LogP) is 6.99. The number of rotatable bonds is 13. The van der Waals surface area contributed by atoms with Crippen LogP contribution in [-0.4, -0.2) is 40.5 Å². The Bertz CT molecular complexity index is 1620. The number of nitrogens with one attached hydrogen (secondary N) is 1. The number of fused-ring (bicyclic) bond motifs is 1. The van der Waals surface area contributed by atoms with E-state index in [0.29, 0.717) is 31.9 Å². The first-order valence-electron chi connectivity index (χ1n) is 15.4. The van der Waals surface area contributed by atoms with E-state index >= 15 is 0 Å². The Morgan fingerprint density at radius 3 is 2.55 bits per heavy atom. The van der Waals surface area contributed by atoms with Crippen molar-refractivity contribution in [3.63, 3.8) is 0 Å². The molecule has 0 radical (unpaired) electrons. The molecule has 1 saturated carbocycles. The number of aromatic nitrogens is 1. The van der Waals surface area contributed by atoms with E-state index in [4.69, 9.17) is 9.72 Å². The second-order valence-electron chi connectivity index (χ2n) is 12.0. The van der Waals surface area contributed by atoms with Crippen molar-refractivity contribution in [2.75, 3.05) is 13.6 Å². The largest absolute Gasteiger partial charge is 0.489 e. The highest BCUT2D eigenvalue weighted by Gasteiger charge is 2.56. The van der Waals surface area contributed by atoms with Gasteiger partial charge in [0.15, 0.2) is 0 Å². The van der Waals surface area contributed by atoms with Crippen LogP contribution in [0.4, 0.5) is 0 Å². The average Bonchev–Trinajstić information content (AvgIpc) is 3.78. The Kier molecular flexibility index (Phi) is 9.75. The van der Waals surface area contributed by atoms with Crippen molar-refractivity contribution in [1.82, 2.24) is 15.4 Å². The summed E-state index contributed by atoms with van der Waals surface area (Å²) in [6.07, 6.45) is 6.61. The predicted molar refractivity (Wildman–Crippen MR) is 173 cm³/mol. The molecule has 1 heterocycles. The van der Waals surface area contributed by atoms with Crippen molar-refractivity contribution in [3.8, 4) is 17.0 Å². The maximum Gasteiger partial charge on any atom is 0.247 e. The summed E-state index contributed by atoms with van der Waals surface area (Å²) >= 11 is 0. The van der Waals surface area contributed by atoms with Gasteiger partial charge in [0.05, 0.1) is 17.1 Å². The molecule has 0 saturated heterocycles. The normalized spacial score (nSPS) is 18.2. The molecule has 1 unspecified atom stereocenters. The molecule has 5 rings (SSSR count). The average molecular weight is 592 g/mol. The molecule has 7 nitrogen and oxygen atoms in total. The van der Waals surface area contributed by atoms with Crippen molar-refractivity contribution in [3.05, 3.63) is 108 Å². The second-order valence-corrected chi connectivity index (χ2v) is 12.0. The molecule has 2 amide bonds. The molecular weight excluding hydrogens is 550 g/mol. The molecule has 228 valence electrons. The van der Waals surface area contributed by atoms with E-state index in [1.165, 1.54) is 0 Å². The van der Waals surface area contributed by atoms with E-state index < -0.39 is 17.2 Å². The molecule has 1 aliphatic carbocycles. The number of allylic oxidation sites excluding steroid dienone is 1. The van der Waals surface area contributed by atoms with Gasteiger partial charge in [0, 0.05) is 35.5 Å². The minimum atomic E-state index is -0.522. The van der Waals surface area contributed by atoms with Gasteiger partial charge in [0.25, 0.3) is 0 Å². The number of likely N-dealkylation sites (N-methyl/N-ethyl adjacent to an activating group) is 1. The van der Waals surface area contributed by atoms with Gasteiger partial charge in [0.2, 0.25) is 11.8 Å². The molecule has 3 atom stereocenters. The standard InChI is InChI=1S/C37H41N3O4/c1-4-26(2)19-21-40(3)35(41)18-20-37(24-32(37)36(42)39-43)23-27-14-16-30(17-15-27)44-25-29-22-34(28-10-6-5-7-11-28)38-33-13-9-8-12-31(29)33/h5-18,20,22,26,32,43H,4,19,21,23-25H2,1-3H3,(H,39,42)/b20-18+/t26?,32-,37-/m1/s1. The van der Waals surface area contributed by atoms with E-state index in [1.807, 2.05) is 73.8 Å². The van der Waals surface area contributed by atoms with Crippen LogP contribution in [0.3, 0.4) is 0 Å². The Morgan fingerprint density at radius 2 is 1.82 bits per heavy atom. The van der Waals surface area contributed by atoms with Crippen LogP contribution >= 0.6 is 0 Å². The van der Waals surface area contributed by atoms with Gasteiger partial charge in [-0.2, -0.15) is 0 Å². The van der Waals surface area contributed by atoms with Gasteiger partial charge < -0.3 is 9.64 Å². The number of amides is 2. The smallest absolute Gasteiger partial charge is 0.247 e. The zero-order chi connectivity index (χ0) is 31.1. The van der Waals surface area contributed by atoms with Crippen LogP contribution < -0.4 is 10.2 Å². The van der Waals surface area contributed by atoms with Crippen molar-refractivity contribution in [1.29, 1.82) is 0 Å². The van der Waals surface area contributed by atoms with Crippen LogP contribution in [0.5, 0.6) is 5.75 Å². The van der Waals surface area contributed by atoms with Gasteiger partial charge >= 0.3 is 0 Å². The molecule has 4 aromatic rings. The van der Waals surface area contributed by atoms with Crippen molar-refractivity contribution >= 4 is 22.7 Å². The lowest BCUT2D eigenvalue weighted by atomic mass is 9.93. The van der Waals surface area contributed by atoms with Crippen LogP contribution in [-0.2, 0) is 22.6 Å². The highest BCUT2D eigenvalue weighted by atomic mass is 16.5. The lowest BCUT2D eigenvalue weighted by Gasteiger charge is -2.18. The van der Waals surface area contributed by atoms with E-state index in [9.17, 15) is 14.8 Å². The Labute approximate surface area is 259 Å². The highest BCUT2D eigenvalue weighted by Crippen LogP contribution is 2.56. The third-order valence-electron chi connectivity index (χ3n) is 8.86. The van der Waals surface area contributed by atoms with Gasteiger partial charge in [0.1, 0.15) is 12.4 Å². The lowest BCUT2D eigenvalue weighted by Crippen LogP contribution is -2.27. The third kappa shape index (κ3) is 7.34. The minimum absolute atomic E-state index is 0.0782. The molecule has 1 fully saturated rings. The molecule has 1 aliphatic rings.